The summed E-state index contributed by atoms with van der Waals surface area (Å²) in [6, 6.07) is 9.38. The number of carbonyl (C=O) groups excluding carboxylic acids is 1. The zero-order valence-electron chi connectivity index (χ0n) is 15.6. The van der Waals surface area contributed by atoms with E-state index in [1.54, 1.807) is 17.0 Å². The van der Waals surface area contributed by atoms with E-state index in [2.05, 4.69) is 15.3 Å². The number of halogens is 1. The smallest absolute Gasteiger partial charge is 0.325 e. The Balaban J connectivity index is 1.49. The van der Waals surface area contributed by atoms with E-state index in [0.717, 1.165) is 36.1 Å². The van der Waals surface area contributed by atoms with Crippen LogP contribution in [0.25, 0.3) is 0 Å². The number of thioether (sulfide) groups is 1. The largest absolute Gasteiger partial charge is 0.349 e. The zero-order chi connectivity index (χ0) is 20.2. The third-order valence-electron chi connectivity index (χ3n) is 4.73. The van der Waals surface area contributed by atoms with Crippen molar-refractivity contribution in [2.45, 2.75) is 30.8 Å². The molecule has 0 unspecified atom stereocenters. The lowest BCUT2D eigenvalue weighted by molar-refractivity contribution is -0.113. The van der Waals surface area contributed by atoms with Gasteiger partial charge in [-0.05, 0) is 55.2 Å². The van der Waals surface area contributed by atoms with E-state index in [1.165, 1.54) is 36.0 Å². The van der Waals surface area contributed by atoms with Gasteiger partial charge in [0.05, 0.1) is 12.3 Å². The number of nitrogens with one attached hydrogen (secondary N) is 1. The van der Waals surface area contributed by atoms with E-state index in [4.69, 9.17) is 0 Å². The molecule has 0 fully saturated rings. The molecule has 4 rings (SSSR count). The number of nitrogens with zero attached hydrogens (tertiary/aromatic N) is 3. The van der Waals surface area contributed by atoms with Crippen molar-refractivity contribution in [2.24, 2.45) is 0 Å². The number of carbonyl (C=O) groups is 1. The fourth-order valence-electron chi connectivity index (χ4n) is 3.41. The Morgan fingerprint density at radius 2 is 2.03 bits per heavy atom. The van der Waals surface area contributed by atoms with Gasteiger partial charge in [0.2, 0.25) is 5.91 Å². The van der Waals surface area contributed by atoms with Gasteiger partial charge in [-0.2, -0.15) is 4.98 Å². The highest BCUT2D eigenvalue weighted by Crippen LogP contribution is 2.29. The molecule has 1 aliphatic rings. The van der Waals surface area contributed by atoms with Crippen molar-refractivity contribution in [1.29, 1.82) is 0 Å². The van der Waals surface area contributed by atoms with Gasteiger partial charge < -0.3 is 5.32 Å². The van der Waals surface area contributed by atoms with Crippen LogP contribution >= 0.6 is 11.8 Å². The van der Waals surface area contributed by atoms with Crippen LogP contribution in [-0.2, 0) is 24.2 Å². The molecule has 0 radical (unpaired) electrons. The fourth-order valence-corrected chi connectivity index (χ4v) is 4.28. The molecular weight excluding hydrogens is 391 g/mol. The minimum Gasteiger partial charge on any atom is -0.325 e. The second-order valence-corrected chi connectivity index (χ2v) is 7.73. The van der Waals surface area contributed by atoms with Gasteiger partial charge in [0.1, 0.15) is 10.8 Å². The summed E-state index contributed by atoms with van der Waals surface area (Å²) < 4.78 is 14.7. The topological polar surface area (TPSA) is 76.9 Å². The highest BCUT2D eigenvalue weighted by molar-refractivity contribution is 8.00. The van der Waals surface area contributed by atoms with Gasteiger partial charge in [0.15, 0.2) is 0 Å². The number of rotatable bonds is 6. The van der Waals surface area contributed by atoms with E-state index < -0.39 is 0 Å². The minimum absolute atomic E-state index is 0.128. The number of pyridine rings is 1. The average molecular weight is 410 g/mol. The molecule has 29 heavy (non-hydrogen) atoms. The molecule has 1 aromatic carbocycles. The summed E-state index contributed by atoms with van der Waals surface area (Å²) in [6.07, 6.45) is 6.07. The predicted octanol–water partition coefficient (Wildman–Crippen LogP) is 3.05. The monoisotopic (exact) mass is 410 g/mol. The SMILES string of the molecule is O=C(CSc1nc(=O)n(Cc2cccnc2)c2c1CCC2)Nc1ccc(F)cc1. The first kappa shape index (κ1) is 19.3. The van der Waals surface area contributed by atoms with Crippen molar-refractivity contribution < 1.29 is 9.18 Å². The second kappa shape index (κ2) is 8.57. The molecule has 0 saturated carbocycles. The predicted molar refractivity (Wildman–Crippen MR) is 110 cm³/mol. The van der Waals surface area contributed by atoms with Crippen LogP contribution in [0.15, 0.2) is 58.6 Å². The van der Waals surface area contributed by atoms with Gasteiger partial charge in [-0.3, -0.25) is 14.3 Å². The summed E-state index contributed by atoms with van der Waals surface area (Å²) >= 11 is 1.26. The summed E-state index contributed by atoms with van der Waals surface area (Å²) in [5.74, 6) is -0.457. The molecule has 1 N–H and O–H groups in total. The van der Waals surface area contributed by atoms with Crippen molar-refractivity contribution >= 4 is 23.4 Å². The number of hydrogen-bond donors (Lipinski definition) is 1. The molecule has 0 saturated heterocycles. The van der Waals surface area contributed by atoms with E-state index in [1.807, 2.05) is 12.1 Å². The average Bonchev–Trinajstić information content (AvgIpc) is 3.21. The first-order valence-electron chi connectivity index (χ1n) is 9.30. The molecular formula is C21H19FN4O2S. The number of aromatic nitrogens is 3. The molecule has 148 valence electrons. The molecule has 0 atom stereocenters. The lowest BCUT2D eigenvalue weighted by Gasteiger charge is -2.14. The maximum atomic E-state index is 13.0. The van der Waals surface area contributed by atoms with Crippen LogP contribution < -0.4 is 11.0 Å². The molecule has 1 aliphatic carbocycles. The number of fused-ring (bicyclic) bond motifs is 1. The van der Waals surface area contributed by atoms with Crippen LogP contribution in [0.5, 0.6) is 0 Å². The fraction of sp³-hybridized carbons (Fsp3) is 0.238. The van der Waals surface area contributed by atoms with Crippen molar-refractivity contribution in [1.82, 2.24) is 14.5 Å². The van der Waals surface area contributed by atoms with Crippen LogP contribution in [-0.4, -0.2) is 26.2 Å². The number of anilines is 1. The Labute approximate surface area is 171 Å². The number of hydrogen-bond acceptors (Lipinski definition) is 5. The Morgan fingerprint density at radius 3 is 2.79 bits per heavy atom. The van der Waals surface area contributed by atoms with Crippen molar-refractivity contribution in [3.63, 3.8) is 0 Å². The quantitative estimate of drug-likeness (QED) is 0.499. The summed E-state index contributed by atoms with van der Waals surface area (Å²) in [4.78, 5) is 33.2. The summed E-state index contributed by atoms with van der Waals surface area (Å²) in [5.41, 5.74) is 3.21. The van der Waals surface area contributed by atoms with Crippen LogP contribution in [0.3, 0.4) is 0 Å². The maximum Gasteiger partial charge on any atom is 0.349 e. The lowest BCUT2D eigenvalue weighted by atomic mass is 10.2. The first-order valence-corrected chi connectivity index (χ1v) is 10.3. The third-order valence-corrected chi connectivity index (χ3v) is 5.75. The van der Waals surface area contributed by atoms with Gasteiger partial charge in [0, 0.05) is 29.3 Å². The van der Waals surface area contributed by atoms with Gasteiger partial charge in [-0.25, -0.2) is 9.18 Å². The number of amides is 1. The van der Waals surface area contributed by atoms with Crippen molar-refractivity contribution in [3.05, 3.63) is 81.9 Å². The normalized spacial score (nSPS) is 12.6. The van der Waals surface area contributed by atoms with Gasteiger partial charge in [-0.15, -0.1) is 0 Å². The Kier molecular flexibility index (Phi) is 5.71. The van der Waals surface area contributed by atoms with E-state index >= 15 is 0 Å². The van der Waals surface area contributed by atoms with Gasteiger partial charge in [0.25, 0.3) is 0 Å². The molecule has 0 bridgehead atoms. The molecule has 2 aromatic heterocycles. The van der Waals surface area contributed by atoms with E-state index in [9.17, 15) is 14.0 Å². The Hall–Kier alpha value is -3.00. The van der Waals surface area contributed by atoms with Crippen LogP contribution in [0.1, 0.15) is 23.2 Å². The molecule has 2 heterocycles. The molecule has 1 amide bonds. The highest BCUT2D eigenvalue weighted by Gasteiger charge is 2.22. The van der Waals surface area contributed by atoms with Crippen LogP contribution in [0, 0.1) is 5.82 Å². The van der Waals surface area contributed by atoms with E-state index in [-0.39, 0.29) is 23.2 Å². The summed E-state index contributed by atoms with van der Waals surface area (Å²) in [7, 11) is 0. The first-order chi connectivity index (χ1) is 14.1. The molecule has 3 aromatic rings. The van der Waals surface area contributed by atoms with Crippen molar-refractivity contribution in [2.75, 3.05) is 11.1 Å². The molecule has 6 nitrogen and oxygen atoms in total. The molecule has 0 aliphatic heterocycles. The van der Waals surface area contributed by atoms with Crippen LogP contribution in [0.4, 0.5) is 10.1 Å². The third kappa shape index (κ3) is 4.54. The van der Waals surface area contributed by atoms with Gasteiger partial charge in [-0.1, -0.05) is 17.8 Å². The highest BCUT2D eigenvalue weighted by atomic mass is 32.2. The van der Waals surface area contributed by atoms with Crippen LogP contribution in [0.2, 0.25) is 0 Å². The maximum absolute atomic E-state index is 13.0. The van der Waals surface area contributed by atoms with Gasteiger partial charge >= 0.3 is 5.69 Å². The lowest BCUT2D eigenvalue weighted by Crippen LogP contribution is -2.28. The second-order valence-electron chi connectivity index (χ2n) is 6.77. The molecule has 0 spiro atoms. The minimum atomic E-state index is -0.357. The summed E-state index contributed by atoms with van der Waals surface area (Å²) in [6.45, 7) is 0.442. The summed E-state index contributed by atoms with van der Waals surface area (Å²) in [5, 5.41) is 3.35. The standard InChI is InChI=1S/C21H19FN4O2S/c22-15-6-8-16(9-7-15)24-19(27)13-29-20-17-4-1-5-18(17)26(21(28)25-20)12-14-3-2-10-23-11-14/h2-3,6-11H,1,4-5,12-13H2,(H,24,27). The Bertz CT molecular complexity index is 1080. The molecule has 8 heteroatoms. The Morgan fingerprint density at radius 1 is 1.21 bits per heavy atom. The van der Waals surface area contributed by atoms with Crippen molar-refractivity contribution in [3.8, 4) is 0 Å². The number of benzene rings is 1. The zero-order valence-corrected chi connectivity index (χ0v) is 16.4. The van der Waals surface area contributed by atoms with E-state index in [0.29, 0.717) is 17.3 Å².